The highest BCUT2D eigenvalue weighted by molar-refractivity contribution is 8.76. The molecule has 0 aliphatic rings. The van der Waals surface area contributed by atoms with Gasteiger partial charge in [-0.2, -0.15) is 0 Å². The first-order chi connectivity index (χ1) is 20.6. The Morgan fingerprint density at radius 3 is 2.21 bits per heavy atom. The van der Waals surface area contributed by atoms with E-state index in [1.807, 2.05) is 35.1 Å². The lowest BCUT2D eigenvalue weighted by atomic mass is 10.00. The molecule has 43 heavy (non-hydrogen) atoms. The third-order valence-electron chi connectivity index (χ3n) is 5.60. The van der Waals surface area contributed by atoms with Crippen molar-refractivity contribution in [3.05, 3.63) is 60.4 Å². The highest BCUT2D eigenvalue weighted by Crippen LogP contribution is 2.34. The molecule has 0 bridgehead atoms. The van der Waals surface area contributed by atoms with Crippen molar-refractivity contribution in [3.63, 3.8) is 0 Å². The van der Waals surface area contributed by atoms with E-state index < -0.39 is 34.2 Å². The molecule has 3 aromatic rings. The van der Waals surface area contributed by atoms with E-state index in [-0.39, 0.29) is 31.0 Å². The van der Waals surface area contributed by atoms with Crippen LogP contribution in [0.4, 0.5) is 9.59 Å². The van der Waals surface area contributed by atoms with Crippen molar-refractivity contribution >= 4 is 56.1 Å². The Morgan fingerprint density at radius 2 is 1.60 bits per heavy atom. The number of rotatable bonds is 16. The summed E-state index contributed by atoms with van der Waals surface area (Å²) in [5.74, 6) is 0.259. The summed E-state index contributed by atoms with van der Waals surface area (Å²) in [6.07, 6.45) is -1.83. The number of amides is 2. The molecule has 0 spiro atoms. The lowest BCUT2D eigenvalue weighted by molar-refractivity contribution is -0.137. The molecule has 0 fully saturated rings. The summed E-state index contributed by atoms with van der Waals surface area (Å²) in [4.78, 5) is 45.0. The second-order valence-corrected chi connectivity index (χ2v) is 13.1. The van der Waals surface area contributed by atoms with Gasteiger partial charge in [0.25, 0.3) is 10.0 Å². The summed E-state index contributed by atoms with van der Waals surface area (Å²) in [5.41, 5.74) is 2.90. The number of ether oxygens (including phenoxy) is 2. The quantitative estimate of drug-likeness (QED) is 0.113. The van der Waals surface area contributed by atoms with Crippen LogP contribution in [0, 0.1) is 6.92 Å². The third kappa shape index (κ3) is 10.6. The number of aliphatic carboxylic acids is 1. The Morgan fingerprint density at radius 1 is 0.977 bits per heavy atom. The van der Waals surface area contributed by atoms with Crippen LogP contribution in [-0.2, 0) is 29.1 Å². The number of alkyl carbamates (subject to hydrolysis) is 1. The van der Waals surface area contributed by atoms with Crippen molar-refractivity contribution in [2.24, 2.45) is 0 Å². The van der Waals surface area contributed by atoms with Crippen molar-refractivity contribution in [3.8, 4) is 22.4 Å². The molecule has 1 heterocycles. The zero-order chi connectivity index (χ0) is 31.2. The topological polar surface area (TPSA) is 191 Å². The first kappa shape index (κ1) is 33.5. The number of carboxylic acid groups (broad SMARTS) is 1. The molecular weight excluding hydrogens is 623 g/mol. The maximum Gasteiger partial charge on any atom is 0.421 e. The molecule has 0 saturated carbocycles. The predicted octanol–water partition coefficient (Wildman–Crippen LogP) is 4.27. The summed E-state index contributed by atoms with van der Waals surface area (Å²) in [5, 5.41) is 15.0. The number of nitrogens with one attached hydrogen (secondary N) is 2. The molecule has 1 atom stereocenters. The monoisotopic (exact) mass is 651 g/mol. The van der Waals surface area contributed by atoms with E-state index in [0.717, 1.165) is 11.1 Å². The number of aromatic nitrogens is 1. The minimum absolute atomic E-state index is 0.0240. The number of carboxylic acids is 1. The van der Waals surface area contributed by atoms with Crippen molar-refractivity contribution in [2.45, 2.75) is 30.7 Å². The van der Waals surface area contributed by atoms with E-state index in [2.05, 4.69) is 10.5 Å². The first-order valence-electron chi connectivity index (χ1n) is 12.8. The van der Waals surface area contributed by atoms with Gasteiger partial charge in [0.1, 0.15) is 31.0 Å². The number of aldehydes is 1. The fourth-order valence-electron chi connectivity index (χ4n) is 3.60. The smallest absolute Gasteiger partial charge is 0.421 e. The average Bonchev–Trinajstić information content (AvgIpc) is 3.37. The molecule has 1 aromatic heterocycles. The number of benzene rings is 2. The van der Waals surface area contributed by atoms with Gasteiger partial charge in [-0.15, -0.1) is 0 Å². The molecule has 1 unspecified atom stereocenters. The first-order valence-corrected chi connectivity index (χ1v) is 16.7. The fraction of sp³-hybridized carbons (Fsp3) is 0.296. The van der Waals surface area contributed by atoms with E-state index in [9.17, 15) is 27.6 Å². The Hall–Kier alpha value is -4.02. The second kappa shape index (κ2) is 16.6. The summed E-state index contributed by atoms with van der Waals surface area (Å²) in [6, 6.07) is 14.4. The molecule has 13 nitrogen and oxygen atoms in total. The van der Waals surface area contributed by atoms with Crippen LogP contribution in [0.3, 0.4) is 0 Å². The zero-order valence-electron chi connectivity index (χ0n) is 22.9. The summed E-state index contributed by atoms with van der Waals surface area (Å²) in [7, 11) is -1.56. The molecule has 0 aliphatic carbocycles. The Kier molecular flexibility index (Phi) is 12.9. The Labute approximate surface area is 255 Å². The second-order valence-electron chi connectivity index (χ2n) is 8.69. The van der Waals surface area contributed by atoms with Gasteiger partial charge in [0, 0.05) is 23.5 Å². The molecule has 16 heteroatoms. The molecule has 2 amide bonds. The van der Waals surface area contributed by atoms with Gasteiger partial charge in [-0.05, 0) is 31.0 Å². The van der Waals surface area contributed by atoms with Gasteiger partial charge >= 0.3 is 18.2 Å². The van der Waals surface area contributed by atoms with Crippen LogP contribution in [0.5, 0.6) is 0 Å². The van der Waals surface area contributed by atoms with E-state index >= 15 is 0 Å². The van der Waals surface area contributed by atoms with E-state index in [4.69, 9.17) is 19.1 Å². The predicted molar refractivity (Wildman–Crippen MR) is 160 cm³/mol. The Balaban J connectivity index is 1.37. The van der Waals surface area contributed by atoms with Crippen molar-refractivity contribution in [1.82, 2.24) is 15.2 Å². The van der Waals surface area contributed by atoms with Crippen LogP contribution in [0.2, 0.25) is 0 Å². The van der Waals surface area contributed by atoms with Crippen LogP contribution in [0.15, 0.2) is 64.0 Å². The number of hydrogen-bond acceptors (Lipinski definition) is 12. The van der Waals surface area contributed by atoms with E-state index in [0.29, 0.717) is 34.8 Å². The van der Waals surface area contributed by atoms with Gasteiger partial charge in [0.2, 0.25) is 0 Å². The number of nitrogens with zero attached hydrogens (tertiary/aromatic N) is 1. The largest absolute Gasteiger partial charge is 0.481 e. The highest BCUT2D eigenvalue weighted by Gasteiger charge is 2.21. The van der Waals surface area contributed by atoms with E-state index in [1.54, 1.807) is 19.1 Å². The van der Waals surface area contributed by atoms with Crippen LogP contribution in [0.1, 0.15) is 18.6 Å². The number of hydrogen-bond donors (Lipinski definition) is 3. The maximum absolute atomic E-state index is 12.7. The molecule has 3 N–H and O–H groups in total. The summed E-state index contributed by atoms with van der Waals surface area (Å²) < 4.78 is 42.4. The van der Waals surface area contributed by atoms with Crippen LogP contribution < -0.4 is 10.0 Å². The fourth-order valence-corrected chi connectivity index (χ4v) is 6.15. The van der Waals surface area contributed by atoms with Gasteiger partial charge in [0.15, 0.2) is 0 Å². The number of aryl methyl sites for hydroxylation is 1. The normalized spacial score (nSPS) is 11.7. The molecule has 230 valence electrons. The number of carbonyl (C=O) groups is 4. The molecule has 0 radical (unpaired) electrons. The van der Waals surface area contributed by atoms with Gasteiger partial charge < -0.3 is 29.2 Å². The van der Waals surface area contributed by atoms with Gasteiger partial charge in [0.05, 0.1) is 16.5 Å². The number of carbonyl (C=O) groups excluding carboxylic acids is 3. The molecule has 0 aliphatic heterocycles. The lowest BCUT2D eigenvalue weighted by Gasteiger charge is -2.11. The third-order valence-corrected chi connectivity index (χ3v) is 9.26. The highest BCUT2D eigenvalue weighted by atomic mass is 33.1. The molecular formula is C27H29N3O10S3. The minimum Gasteiger partial charge on any atom is -0.481 e. The van der Waals surface area contributed by atoms with Gasteiger partial charge in [-0.25, -0.2) is 22.7 Å². The molecule has 3 rings (SSSR count). The standard InChI is InChI=1S/C27H29N3O10S3/c1-18-24(19-5-3-2-4-6-19)25(29-40-18)20-7-10-22(11-8-20)43(36,37)30-27(35)39-14-16-42-41-15-13-38-26(34)28-21(17-31)9-12-23(32)33/h2-8,10-11,17,21H,9,12-16H2,1H3,(H,28,34)(H,30,35)(H,32,33). The summed E-state index contributed by atoms with van der Waals surface area (Å²) in [6.45, 7) is 1.75. The SMILES string of the molecule is Cc1onc(-c2ccc(S(=O)(=O)NC(=O)OCCSSCCOC(=O)NC(C=O)CCC(=O)O)cc2)c1-c1ccccc1. The lowest BCUT2D eigenvalue weighted by Crippen LogP contribution is -2.37. The zero-order valence-corrected chi connectivity index (χ0v) is 25.3. The van der Waals surface area contributed by atoms with Crippen molar-refractivity contribution < 1.29 is 46.7 Å². The maximum atomic E-state index is 12.7. The average molecular weight is 652 g/mol. The van der Waals surface area contributed by atoms with Gasteiger partial charge in [-0.3, -0.25) is 4.79 Å². The van der Waals surface area contributed by atoms with Crippen molar-refractivity contribution in [1.29, 1.82) is 0 Å². The Bertz CT molecular complexity index is 1500. The van der Waals surface area contributed by atoms with Crippen LogP contribution in [-0.4, -0.2) is 73.9 Å². The van der Waals surface area contributed by atoms with E-state index in [1.165, 1.54) is 33.7 Å². The van der Waals surface area contributed by atoms with Crippen LogP contribution in [0.25, 0.3) is 22.4 Å². The summed E-state index contributed by atoms with van der Waals surface area (Å²) >= 11 is 0. The minimum atomic E-state index is -4.18. The van der Waals surface area contributed by atoms with Crippen LogP contribution >= 0.6 is 21.6 Å². The molecule has 0 saturated heterocycles. The van der Waals surface area contributed by atoms with Crippen molar-refractivity contribution in [2.75, 3.05) is 24.7 Å². The molecule has 2 aromatic carbocycles. The number of sulfonamides is 1. The van der Waals surface area contributed by atoms with Gasteiger partial charge in [-0.1, -0.05) is 69.2 Å².